The van der Waals surface area contributed by atoms with E-state index in [4.69, 9.17) is 0 Å². The van der Waals surface area contributed by atoms with Crippen molar-refractivity contribution in [1.82, 2.24) is 9.97 Å². The predicted molar refractivity (Wildman–Crippen MR) is 56.9 cm³/mol. The minimum atomic E-state index is -0.512. The second-order valence-electron chi connectivity index (χ2n) is 3.16. The molecular weight excluding hydrogens is 212 g/mol. The number of nitrogens with one attached hydrogen (secondary N) is 1. The fourth-order valence-electron chi connectivity index (χ4n) is 1.34. The van der Waals surface area contributed by atoms with E-state index in [-0.39, 0.29) is 5.56 Å². The van der Waals surface area contributed by atoms with Crippen molar-refractivity contribution in [2.45, 2.75) is 0 Å². The van der Waals surface area contributed by atoms with Crippen molar-refractivity contribution in [3.8, 4) is 11.3 Å². The van der Waals surface area contributed by atoms with Crippen molar-refractivity contribution < 1.29 is 8.78 Å². The van der Waals surface area contributed by atoms with Crippen LogP contribution in [-0.2, 0) is 0 Å². The van der Waals surface area contributed by atoms with Crippen LogP contribution < -0.4 is 5.32 Å². The van der Waals surface area contributed by atoms with Crippen molar-refractivity contribution in [2.24, 2.45) is 0 Å². The van der Waals surface area contributed by atoms with Crippen LogP contribution in [0.4, 0.5) is 14.6 Å². The van der Waals surface area contributed by atoms with Gasteiger partial charge >= 0.3 is 0 Å². The molecule has 0 fully saturated rings. The van der Waals surface area contributed by atoms with E-state index >= 15 is 0 Å². The van der Waals surface area contributed by atoms with Crippen LogP contribution in [0.15, 0.2) is 30.6 Å². The van der Waals surface area contributed by atoms with E-state index in [0.29, 0.717) is 11.5 Å². The molecule has 1 aromatic heterocycles. The van der Waals surface area contributed by atoms with E-state index < -0.39 is 11.6 Å². The number of halogens is 2. The van der Waals surface area contributed by atoms with Crippen molar-refractivity contribution >= 4 is 5.82 Å². The quantitative estimate of drug-likeness (QED) is 0.846. The van der Waals surface area contributed by atoms with E-state index in [1.165, 1.54) is 6.33 Å². The van der Waals surface area contributed by atoms with Crippen LogP contribution in [0.1, 0.15) is 0 Å². The summed E-state index contributed by atoms with van der Waals surface area (Å²) in [4.78, 5) is 7.80. The normalized spacial score (nSPS) is 10.2. The third kappa shape index (κ3) is 1.98. The lowest BCUT2D eigenvalue weighted by atomic mass is 10.1. The van der Waals surface area contributed by atoms with Crippen molar-refractivity contribution in [2.75, 3.05) is 12.4 Å². The van der Waals surface area contributed by atoms with Gasteiger partial charge < -0.3 is 5.32 Å². The topological polar surface area (TPSA) is 37.8 Å². The zero-order valence-corrected chi connectivity index (χ0v) is 8.54. The SMILES string of the molecule is CNc1cc(-c2cc(F)ccc2F)ncn1. The average molecular weight is 221 g/mol. The van der Waals surface area contributed by atoms with Crippen LogP contribution in [-0.4, -0.2) is 17.0 Å². The zero-order chi connectivity index (χ0) is 11.5. The lowest BCUT2D eigenvalue weighted by Crippen LogP contribution is -1.95. The van der Waals surface area contributed by atoms with E-state index in [0.717, 1.165) is 18.2 Å². The van der Waals surface area contributed by atoms with Gasteiger partial charge in [-0.25, -0.2) is 18.7 Å². The molecule has 0 atom stereocenters. The summed E-state index contributed by atoms with van der Waals surface area (Å²) in [5, 5.41) is 2.80. The first-order valence-electron chi connectivity index (χ1n) is 4.66. The molecule has 0 saturated heterocycles. The average Bonchev–Trinajstić information content (AvgIpc) is 2.32. The Bertz CT molecular complexity index is 514. The molecule has 1 N–H and O–H groups in total. The first kappa shape index (κ1) is 10.5. The molecule has 0 aliphatic heterocycles. The van der Waals surface area contributed by atoms with Gasteiger partial charge in [0.15, 0.2) is 0 Å². The van der Waals surface area contributed by atoms with Gasteiger partial charge in [-0.1, -0.05) is 0 Å². The summed E-state index contributed by atoms with van der Waals surface area (Å²) in [6, 6.07) is 4.81. The van der Waals surface area contributed by atoms with E-state index in [2.05, 4.69) is 15.3 Å². The van der Waals surface area contributed by atoms with Crippen LogP contribution >= 0.6 is 0 Å². The molecule has 16 heavy (non-hydrogen) atoms. The minimum Gasteiger partial charge on any atom is -0.373 e. The molecule has 0 amide bonds. The van der Waals surface area contributed by atoms with Crippen molar-refractivity contribution in [3.63, 3.8) is 0 Å². The van der Waals surface area contributed by atoms with Crippen LogP contribution in [0.2, 0.25) is 0 Å². The Kier molecular flexibility index (Phi) is 2.76. The summed E-state index contributed by atoms with van der Waals surface area (Å²) in [7, 11) is 1.69. The fourth-order valence-corrected chi connectivity index (χ4v) is 1.34. The summed E-state index contributed by atoms with van der Waals surface area (Å²) in [6.45, 7) is 0. The van der Waals surface area contributed by atoms with Gasteiger partial charge in [0.05, 0.1) is 5.69 Å². The van der Waals surface area contributed by atoms with Crippen LogP contribution in [0.3, 0.4) is 0 Å². The van der Waals surface area contributed by atoms with Crippen LogP contribution in [0.25, 0.3) is 11.3 Å². The predicted octanol–water partition coefficient (Wildman–Crippen LogP) is 2.46. The van der Waals surface area contributed by atoms with Gasteiger partial charge in [-0.05, 0) is 18.2 Å². The number of rotatable bonds is 2. The molecule has 0 aliphatic rings. The monoisotopic (exact) mass is 221 g/mol. The first-order chi connectivity index (χ1) is 7.70. The maximum Gasteiger partial charge on any atom is 0.132 e. The third-order valence-electron chi connectivity index (χ3n) is 2.13. The number of hydrogen-bond donors (Lipinski definition) is 1. The highest BCUT2D eigenvalue weighted by Crippen LogP contribution is 2.22. The van der Waals surface area contributed by atoms with E-state index in [9.17, 15) is 8.78 Å². The van der Waals surface area contributed by atoms with Gasteiger partial charge in [-0.3, -0.25) is 0 Å². The Morgan fingerprint density at radius 2 is 1.94 bits per heavy atom. The lowest BCUT2D eigenvalue weighted by Gasteiger charge is -2.04. The summed E-state index contributed by atoms with van der Waals surface area (Å²) in [6.07, 6.45) is 1.30. The second-order valence-corrected chi connectivity index (χ2v) is 3.16. The highest BCUT2D eigenvalue weighted by molar-refractivity contribution is 5.62. The molecule has 2 aromatic rings. The summed E-state index contributed by atoms with van der Waals surface area (Å²) in [5.41, 5.74) is 0.468. The Morgan fingerprint density at radius 3 is 2.69 bits per heavy atom. The number of hydrogen-bond acceptors (Lipinski definition) is 3. The molecule has 1 aromatic carbocycles. The largest absolute Gasteiger partial charge is 0.373 e. The number of anilines is 1. The molecule has 0 bridgehead atoms. The molecular formula is C11H9F2N3. The maximum atomic E-state index is 13.4. The molecule has 1 heterocycles. The van der Waals surface area contributed by atoms with Crippen molar-refractivity contribution in [1.29, 1.82) is 0 Å². The Balaban J connectivity index is 2.53. The molecule has 82 valence electrons. The Hall–Kier alpha value is -2.04. The summed E-state index contributed by atoms with van der Waals surface area (Å²) < 4.78 is 26.4. The molecule has 3 nitrogen and oxygen atoms in total. The Morgan fingerprint density at radius 1 is 1.12 bits per heavy atom. The summed E-state index contributed by atoms with van der Waals surface area (Å²) in [5.74, 6) is -0.461. The van der Waals surface area contributed by atoms with Gasteiger partial charge in [-0.15, -0.1) is 0 Å². The van der Waals surface area contributed by atoms with Crippen molar-refractivity contribution in [3.05, 3.63) is 42.2 Å². The number of benzene rings is 1. The van der Waals surface area contributed by atoms with E-state index in [1.807, 2.05) is 0 Å². The van der Waals surface area contributed by atoms with Gasteiger partial charge in [-0.2, -0.15) is 0 Å². The molecule has 5 heteroatoms. The van der Waals surface area contributed by atoms with E-state index in [1.54, 1.807) is 13.1 Å². The standard InChI is InChI=1S/C11H9F2N3/c1-14-11-5-10(15-6-16-11)8-4-7(12)2-3-9(8)13/h2-6H,1H3,(H,14,15,16). The van der Waals surface area contributed by atoms with Gasteiger partial charge in [0.1, 0.15) is 23.8 Å². The third-order valence-corrected chi connectivity index (χ3v) is 2.13. The fraction of sp³-hybridized carbons (Fsp3) is 0.0909. The molecule has 2 rings (SSSR count). The number of aromatic nitrogens is 2. The molecule has 0 unspecified atom stereocenters. The minimum absolute atomic E-state index is 0.124. The molecule has 0 radical (unpaired) electrons. The lowest BCUT2D eigenvalue weighted by molar-refractivity contribution is 0.602. The molecule has 0 saturated carbocycles. The second kappa shape index (κ2) is 4.22. The zero-order valence-electron chi connectivity index (χ0n) is 8.54. The Labute approximate surface area is 91.2 Å². The van der Waals surface area contributed by atoms with Gasteiger partial charge in [0, 0.05) is 18.7 Å². The van der Waals surface area contributed by atoms with Crippen LogP contribution in [0.5, 0.6) is 0 Å². The summed E-state index contributed by atoms with van der Waals surface area (Å²) >= 11 is 0. The molecule has 0 spiro atoms. The highest BCUT2D eigenvalue weighted by Gasteiger charge is 2.08. The highest BCUT2D eigenvalue weighted by atomic mass is 19.1. The van der Waals surface area contributed by atoms with Crippen LogP contribution in [0, 0.1) is 11.6 Å². The van der Waals surface area contributed by atoms with Gasteiger partial charge in [0.2, 0.25) is 0 Å². The number of nitrogens with zero attached hydrogens (tertiary/aromatic N) is 2. The first-order valence-corrected chi connectivity index (χ1v) is 4.66. The van der Waals surface area contributed by atoms with Gasteiger partial charge in [0.25, 0.3) is 0 Å². The molecule has 0 aliphatic carbocycles. The smallest absolute Gasteiger partial charge is 0.132 e. The maximum absolute atomic E-state index is 13.4.